The molecule has 3 aromatic rings. The van der Waals surface area contributed by atoms with Crippen LogP contribution in [-0.4, -0.2) is 31.3 Å². The van der Waals surface area contributed by atoms with Crippen LogP contribution in [0.5, 0.6) is 0 Å². The average Bonchev–Trinajstić information content (AvgIpc) is 3.15. The number of hydrogen-bond donors (Lipinski definition) is 0. The molecule has 178 valence electrons. The summed E-state index contributed by atoms with van der Waals surface area (Å²) in [6, 6.07) is 20.6. The Hall–Kier alpha value is -4.29. The zero-order valence-electron chi connectivity index (χ0n) is 20.1. The fourth-order valence-electron chi connectivity index (χ4n) is 4.15. The predicted molar refractivity (Wildman–Crippen MR) is 134 cm³/mol. The van der Waals surface area contributed by atoms with Gasteiger partial charge in [0, 0.05) is 29.3 Å². The second-order valence-electron chi connectivity index (χ2n) is 9.29. The molecule has 3 aromatic carbocycles. The maximum atomic E-state index is 13.0. The van der Waals surface area contributed by atoms with E-state index in [0.717, 1.165) is 22.3 Å². The quantitative estimate of drug-likeness (QED) is 0.174. The SMILES string of the molecule is CN(C(=O)OCC1c2ccccc2-c2ccccc21)c1cc(N=[N+]=[N-])cc(C(=O)OC(C)(C)C)c1. The highest BCUT2D eigenvalue weighted by Crippen LogP contribution is 2.44. The van der Waals surface area contributed by atoms with Crippen molar-refractivity contribution < 1.29 is 19.1 Å². The van der Waals surface area contributed by atoms with Crippen LogP contribution in [0.4, 0.5) is 16.2 Å². The molecule has 1 amide bonds. The van der Waals surface area contributed by atoms with Crippen LogP contribution in [0.1, 0.15) is 48.2 Å². The fourth-order valence-corrected chi connectivity index (χ4v) is 4.15. The van der Waals surface area contributed by atoms with Crippen molar-refractivity contribution in [2.75, 3.05) is 18.6 Å². The van der Waals surface area contributed by atoms with Gasteiger partial charge in [0.25, 0.3) is 0 Å². The molecule has 1 aliphatic carbocycles. The van der Waals surface area contributed by atoms with Gasteiger partial charge in [-0.15, -0.1) is 0 Å². The van der Waals surface area contributed by atoms with Gasteiger partial charge in [-0.25, -0.2) is 9.59 Å². The number of benzene rings is 3. The lowest BCUT2D eigenvalue weighted by molar-refractivity contribution is 0.00694. The third kappa shape index (κ3) is 5.13. The van der Waals surface area contributed by atoms with Crippen molar-refractivity contribution in [2.45, 2.75) is 32.3 Å². The van der Waals surface area contributed by atoms with Crippen molar-refractivity contribution in [1.82, 2.24) is 0 Å². The maximum Gasteiger partial charge on any atom is 0.414 e. The molecule has 0 aromatic heterocycles. The summed E-state index contributed by atoms with van der Waals surface area (Å²) in [5.74, 6) is -0.665. The van der Waals surface area contributed by atoms with E-state index in [-0.39, 0.29) is 23.8 Å². The second-order valence-corrected chi connectivity index (χ2v) is 9.29. The Morgan fingerprint density at radius 2 is 1.60 bits per heavy atom. The first kappa shape index (κ1) is 23.9. The molecule has 0 N–H and O–H groups in total. The number of ether oxygens (including phenoxy) is 2. The van der Waals surface area contributed by atoms with E-state index in [1.54, 1.807) is 20.8 Å². The molecule has 8 nitrogen and oxygen atoms in total. The summed E-state index contributed by atoms with van der Waals surface area (Å²) in [4.78, 5) is 29.7. The van der Waals surface area contributed by atoms with Crippen LogP contribution in [0, 0.1) is 0 Å². The van der Waals surface area contributed by atoms with Crippen LogP contribution in [0.2, 0.25) is 0 Å². The summed E-state index contributed by atoms with van der Waals surface area (Å²) in [6.07, 6.45) is -0.597. The monoisotopic (exact) mass is 470 g/mol. The largest absolute Gasteiger partial charge is 0.456 e. The molecule has 0 atom stereocenters. The third-order valence-corrected chi connectivity index (χ3v) is 5.69. The van der Waals surface area contributed by atoms with Gasteiger partial charge in [-0.05, 0) is 66.8 Å². The third-order valence-electron chi connectivity index (χ3n) is 5.69. The van der Waals surface area contributed by atoms with Crippen molar-refractivity contribution in [3.05, 3.63) is 93.9 Å². The van der Waals surface area contributed by atoms with Gasteiger partial charge in [-0.1, -0.05) is 53.6 Å². The number of fused-ring (bicyclic) bond motifs is 3. The molecule has 1 aliphatic rings. The lowest BCUT2D eigenvalue weighted by Crippen LogP contribution is -2.29. The van der Waals surface area contributed by atoms with Gasteiger partial charge >= 0.3 is 12.1 Å². The first-order valence-corrected chi connectivity index (χ1v) is 11.2. The summed E-state index contributed by atoms with van der Waals surface area (Å²) in [6.45, 7) is 5.43. The van der Waals surface area contributed by atoms with Crippen molar-refractivity contribution in [3.63, 3.8) is 0 Å². The average molecular weight is 471 g/mol. The summed E-state index contributed by atoms with van der Waals surface area (Å²) in [5.41, 5.74) is 13.4. The van der Waals surface area contributed by atoms with Crippen LogP contribution in [0.3, 0.4) is 0 Å². The zero-order valence-corrected chi connectivity index (χ0v) is 20.1. The van der Waals surface area contributed by atoms with Gasteiger partial charge in [-0.3, -0.25) is 4.90 Å². The lowest BCUT2D eigenvalue weighted by Gasteiger charge is -2.22. The van der Waals surface area contributed by atoms with E-state index < -0.39 is 17.7 Å². The van der Waals surface area contributed by atoms with E-state index >= 15 is 0 Å². The van der Waals surface area contributed by atoms with Gasteiger partial charge < -0.3 is 9.47 Å². The minimum absolute atomic E-state index is 0.0772. The van der Waals surface area contributed by atoms with Crippen LogP contribution in [0.15, 0.2) is 71.8 Å². The number of rotatable bonds is 5. The van der Waals surface area contributed by atoms with Crippen molar-refractivity contribution in [3.8, 4) is 11.1 Å². The van der Waals surface area contributed by atoms with Crippen molar-refractivity contribution in [1.29, 1.82) is 0 Å². The molecule has 0 aliphatic heterocycles. The number of carbonyl (C=O) groups is 2. The Balaban J connectivity index is 1.55. The van der Waals surface area contributed by atoms with Crippen LogP contribution < -0.4 is 4.90 Å². The van der Waals surface area contributed by atoms with Crippen LogP contribution in [-0.2, 0) is 9.47 Å². The Bertz CT molecular complexity index is 1290. The standard InChI is InChI=1S/C27H26N4O4/c1-27(2,3)35-25(32)17-13-18(29-30-28)15-19(14-17)31(4)26(33)34-16-24-22-11-7-5-9-20(22)21-10-6-8-12-23(21)24/h5-15,24H,16H2,1-4H3. The maximum absolute atomic E-state index is 13.0. The molecular weight excluding hydrogens is 444 g/mol. The molecule has 0 heterocycles. The lowest BCUT2D eigenvalue weighted by atomic mass is 9.98. The van der Waals surface area contributed by atoms with E-state index in [1.165, 1.54) is 30.1 Å². The first-order valence-electron chi connectivity index (χ1n) is 11.2. The number of esters is 1. The molecule has 0 bridgehead atoms. The number of anilines is 1. The van der Waals surface area contributed by atoms with E-state index in [0.29, 0.717) is 5.69 Å². The Morgan fingerprint density at radius 3 is 2.17 bits per heavy atom. The van der Waals surface area contributed by atoms with Gasteiger partial charge in [0.15, 0.2) is 0 Å². The van der Waals surface area contributed by atoms with Crippen molar-refractivity contribution in [2.24, 2.45) is 5.11 Å². The molecule has 0 saturated carbocycles. The minimum Gasteiger partial charge on any atom is -0.456 e. The molecule has 4 rings (SSSR count). The minimum atomic E-state index is -0.704. The van der Waals surface area contributed by atoms with E-state index in [9.17, 15) is 9.59 Å². The highest BCUT2D eigenvalue weighted by molar-refractivity contribution is 5.95. The molecule has 0 saturated heterocycles. The highest BCUT2D eigenvalue weighted by Gasteiger charge is 2.29. The summed E-state index contributed by atoms with van der Waals surface area (Å²) in [7, 11) is 1.53. The summed E-state index contributed by atoms with van der Waals surface area (Å²) >= 11 is 0. The number of nitrogens with zero attached hydrogens (tertiary/aromatic N) is 4. The van der Waals surface area contributed by atoms with Gasteiger partial charge in [0.1, 0.15) is 12.2 Å². The molecular formula is C27H26N4O4. The van der Waals surface area contributed by atoms with Gasteiger partial charge in [0.05, 0.1) is 5.56 Å². The van der Waals surface area contributed by atoms with E-state index in [4.69, 9.17) is 15.0 Å². The van der Waals surface area contributed by atoms with Gasteiger partial charge in [0.2, 0.25) is 0 Å². The fraction of sp³-hybridized carbons (Fsp3) is 0.259. The Morgan fingerprint density at radius 1 is 1.00 bits per heavy atom. The zero-order chi connectivity index (χ0) is 25.2. The van der Waals surface area contributed by atoms with Crippen LogP contribution >= 0.6 is 0 Å². The van der Waals surface area contributed by atoms with Gasteiger partial charge in [-0.2, -0.15) is 0 Å². The van der Waals surface area contributed by atoms with Crippen molar-refractivity contribution >= 4 is 23.4 Å². The topological polar surface area (TPSA) is 105 Å². The van der Waals surface area contributed by atoms with E-state index in [2.05, 4.69) is 22.2 Å². The molecule has 0 fully saturated rings. The number of carbonyl (C=O) groups excluding carboxylic acids is 2. The smallest absolute Gasteiger partial charge is 0.414 e. The predicted octanol–water partition coefficient (Wildman–Crippen LogP) is 6.97. The normalized spacial score (nSPS) is 12.2. The molecule has 8 heteroatoms. The number of amides is 1. The molecule has 35 heavy (non-hydrogen) atoms. The molecule has 0 spiro atoms. The second kappa shape index (κ2) is 9.52. The van der Waals surface area contributed by atoms with Crippen LogP contribution in [0.25, 0.3) is 21.6 Å². The highest BCUT2D eigenvalue weighted by atomic mass is 16.6. The summed E-state index contributed by atoms with van der Waals surface area (Å²) in [5, 5.41) is 3.60. The Kier molecular flexibility index (Phi) is 6.49. The first-order chi connectivity index (χ1) is 16.7. The molecule has 0 unspecified atom stereocenters. The summed E-state index contributed by atoms with van der Waals surface area (Å²) < 4.78 is 11.1. The number of hydrogen-bond acceptors (Lipinski definition) is 5. The van der Waals surface area contributed by atoms with E-state index in [1.807, 2.05) is 36.4 Å². The Labute approximate surface area is 203 Å². The number of azide groups is 1. The molecule has 0 radical (unpaired) electrons.